The third-order valence-corrected chi connectivity index (χ3v) is 4.10. The topological polar surface area (TPSA) is 35.5 Å². The molecule has 2 rings (SSSR count). The van der Waals surface area contributed by atoms with Crippen LogP contribution in [-0.4, -0.2) is 19.5 Å². The number of methoxy groups -OCH3 is 1. The number of allylic oxidation sites excluding steroid dienone is 1. The minimum atomic E-state index is -0.0205. The van der Waals surface area contributed by atoms with E-state index >= 15 is 0 Å². The Bertz CT molecular complexity index is 718. The fraction of sp³-hybridized carbons (Fsp3) is 0.211. The van der Waals surface area contributed by atoms with Crippen LogP contribution >= 0.6 is 22.6 Å². The highest BCUT2D eigenvalue weighted by molar-refractivity contribution is 14.1. The molecule has 0 atom stereocenters. The third kappa shape index (κ3) is 4.58. The molecule has 0 amide bonds. The molecule has 2 aromatic rings. The quantitative estimate of drug-likeness (QED) is 0.377. The summed E-state index contributed by atoms with van der Waals surface area (Å²) in [6, 6.07) is 11.4. The summed E-state index contributed by atoms with van der Waals surface area (Å²) in [5, 5.41) is 0. The molecule has 4 heteroatoms. The van der Waals surface area contributed by atoms with Gasteiger partial charge in [-0.25, -0.2) is 0 Å². The molecular formula is C19H19IO3. The Morgan fingerprint density at radius 2 is 1.91 bits per heavy atom. The molecule has 0 radical (unpaired) electrons. The Morgan fingerprint density at radius 3 is 2.52 bits per heavy atom. The number of carbonyl (C=O) groups is 1. The van der Waals surface area contributed by atoms with E-state index in [-0.39, 0.29) is 5.78 Å². The van der Waals surface area contributed by atoms with Crippen molar-refractivity contribution >= 4 is 34.5 Å². The van der Waals surface area contributed by atoms with Crippen LogP contribution in [-0.2, 0) is 0 Å². The molecule has 120 valence electrons. The van der Waals surface area contributed by atoms with Gasteiger partial charge in [-0.1, -0.05) is 35.9 Å². The molecule has 0 saturated carbocycles. The first kappa shape index (κ1) is 17.5. The lowest BCUT2D eigenvalue weighted by molar-refractivity contribution is 0.104. The summed E-state index contributed by atoms with van der Waals surface area (Å²) >= 11 is 2.21. The minimum Gasteiger partial charge on any atom is -0.493 e. The van der Waals surface area contributed by atoms with Crippen LogP contribution in [0.1, 0.15) is 28.4 Å². The highest BCUT2D eigenvalue weighted by atomic mass is 127. The number of carbonyl (C=O) groups excluding carboxylic acids is 1. The largest absolute Gasteiger partial charge is 0.493 e. The van der Waals surface area contributed by atoms with Gasteiger partial charge in [0.05, 0.1) is 17.3 Å². The summed E-state index contributed by atoms with van der Waals surface area (Å²) in [6.07, 6.45) is 3.37. The lowest BCUT2D eigenvalue weighted by Crippen LogP contribution is -1.98. The number of aryl methyl sites for hydroxylation is 1. The number of ether oxygens (including phenoxy) is 2. The summed E-state index contributed by atoms with van der Waals surface area (Å²) in [5.74, 6) is 1.38. The maximum Gasteiger partial charge on any atom is 0.185 e. The Morgan fingerprint density at radius 1 is 1.22 bits per heavy atom. The second-order valence-electron chi connectivity index (χ2n) is 5.03. The van der Waals surface area contributed by atoms with Gasteiger partial charge in [0.2, 0.25) is 0 Å². The van der Waals surface area contributed by atoms with E-state index in [0.717, 1.165) is 20.4 Å². The average Bonchev–Trinajstić information content (AvgIpc) is 2.55. The molecule has 0 unspecified atom stereocenters. The van der Waals surface area contributed by atoms with Crippen LogP contribution < -0.4 is 9.47 Å². The van der Waals surface area contributed by atoms with Crippen LogP contribution in [0.3, 0.4) is 0 Å². The van der Waals surface area contributed by atoms with Crippen molar-refractivity contribution in [2.45, 2.75) is 13.8 Å². The summed E-state index contributed by atoms with van der Waals surface area (Å²) in [5.41, 5.74) is 2.71. The van der Waals surface area contributed by atoms with Gasteiger partial charge in [0.15, 0.2) is 17.3 Å². The van der Waals surface area contributed by atoms with Crippen molar-refractivity contribution in [3.05, 3.63) is 62.7 Å². The molecular weight excluding hydrogens is 403 g/mol. The van der Waals surface area contributed by atoms with E-state index in [1.807, 2.05) is 50.2 Å². The van der Waals surface area contributed by atoms with E-state index in [0.29, 0.717) is 17.9 Å². The van der Waals surface area contributed by atoms with Crippen molar-refractivity contribution < 1.29 is 14.3 Å². The predicted octanol–water partition coefficient (Wildman–Crippen LogP) is 4.90. The molecule has 0 saturated heterocycles. The van der Waals surface area contributed by atoms with Gasteiger partial charge in [-0.05, 0) is 60.2 Å². The zero-order valence-corrected chi connectivity index (χ0v) is 15.6. The Labute approximate surface area is 150 Å². The van der Waals surface area contributed by atoms with Gasteiger partial charge in [0.25, 0.3) is 0 Å². The molecule has 0 spiro atoms. The number of halogens is 1. The molecule has 23 heavy (non-hydrogen) atoms. The van der Waals surface area contributed by atoms with Crippen molar-refractivity contribution in [2.24, 2.45) is 0 Å². The van der Waals surface area contributed by atoms with E-state index < -0.39 is 0 Å². The van der Waals surface area contributed by atoms with E-state index in [1.54, 1.807) is 19.3 Å². The molecule has 0 bridgehead atoms. The number of rotatable bonds is 6. The van der Waals surface area contributed by atoms with Crippen LogP contribution in [0.4, 0.5) is 0 Å². The fourth-order valence-electron chi connectivity index (χ4n) is 2.11. The summed E-state index contributed by atoms with van der Waals surface area (Å²) < 4.78 is 11.9. The Kier molecular flexibility index (Phi) is 6.21. The number of hydrogen-bond donors (Lipinski definition) is 0. The molecule has 0 aliphatic rings. The molecule has 2 aromatic carbocycles. The minimum absolute atomic E-state index is 0.0205. The number of benzene rings is 2. The van der Waals surface area contributed by atoms with Crippen LogP contribution in [0.25, 0.3) is 6.08 Å². The molecule has 0 N–H and O–H groups in total. The maximum atomic E-state index is 12.2. The van der Waals surface area contributed by atoms with E-state index in [4.69, 9.17) is 9.47 Å². The maximum absolute atomic E-state index is 12.2. The molecule has 0 fully saturated rings. The lowest BCUT2D eigenvalue weighted by Gasteiger charge is -2.12. The molecule has 0 aliphatic heterocycles. The van der Waals surface area contributed by atoms with Gasteiger partial charge >= 0.3 is 0 Å². The van der Waals surface area contributed by atoms with E-state index in [2.05, 4.69) is 22.6 Å². The van der Waals surface area contributed by atoms with E-state index in [1.165, 1.54) is 0 Å². The first-order chi connectivity index (χ1) is 11.0. The summed E-state index contributed by atoms with van der Waals surface area (Å²) in [6.45, 7) is 4.51. The van der Waals surface area contributed by atoms with Crippen molar-refractivity contribution in [1.29, 1.82) is 0 Å². The molecule has 0 aromatic heterocycles. The van der Waals surface area contributed by atoms with Crippen molar-refractivity contribution in [3.8, 4) is 11.5 Å². The SMILES string of the molecule is CCOc1c(I)cc(/C=C/C(=O)c2ccc(C)cc2)cc1OC. The Hall–Kier alpha value is -1.82. The number of hydrogen-bond acceptors (Lipinski definition) is 3. The van der Waals surface area contributed by atoms with Gasteiger partial charge in [-0.3, -0.25) is 4.79 Å². The number of ketones is 1. The van der Waals surface area contributed by atoms with E-state index in [9.17, 15) is 4.79 Å². The highest BCUT2D eigenvalue weighted by Crippen LogP contribution is 2.34. The monoisotopic (exact) mass is 422 g/mol. The zero-order valence-electron chi connectivity index (χ0n) is 13.4. The first-order valence-corrected chi connectivity index (χ1v) is 8.42. The normalized spacial score (nSPS) is 10.8. The summed E-state index contributed by atoms with van der Waals surface area (Å²) in [7, 11) is 1.61. The standard InChI is InChI=1S/C19H19IO3/c1-4-23-19-16(20)11-14(12-18(19)22-3)7-10-17(21)15-8-5-13(2)6-9-15/h5-12H,4H2,1-3H3/b10-7+. The van der Waals surface area contributed by atoms with Gasteiger partial charge in [-0.2, -0.15) is 0 Å². The van der Waals surface area contributed by atoms with Crippen LogP contribution in [0.15, 0.2) is 42.5 Å². The second kappa shape index (κ2) is 8.15. The summed E-state index contributed by atoms with van der Waals surface area (Å²) in [4.78, 5) is 12.2. The molecule has 0 heterocycles. The highest BCUT2D eigenvalue weighted by Gasteiger charge is 2.10. The average molecular weight is 422 g/mol. The van der Waals surface area contributed by atoms with Gasteiger partial charge in [0, 0.05) is 5.56 Å². The second-order valence-corrected chi connectivity index (χ2v) is 6.19. The zero-order chi connectivity index (χ0) is 16.8. The van der Waals surface area contributed by atoms with Crippen molar-refractivity contribution in [1.82, 2.24) is 0 Å². The molecule has 0 aliphatic carbocycles. The lowest BCUT2D eigenvalue weighted by atomic mass is 10.1. The Balaban J connectivity index is 2.23. The smallest absolute Gasteiger partial charge is 0.185 e. The van der Waals surface area contributed by atoms with Crippen LogP contribution in [0.2, 0.25) is 0 Å². The first-order valence-electron chi connectivity index (χ1n) is 7.34. The van der Waals surface area contributed by atoms with Gasteiger partial charge in [-0.15, -0.1) is 0 Å². The van der Waals surface area contributed by atoms with Crippen molar-refractivity contribution in [3.63, 3.8) is 0 Å². The van der Waals surface area contributed by atoms with Crippen molar-refractivity contribution in [2.75, 3.05) is 13.7 Å². The van der Waals surface area contributed by atoms with Crippen LogP contribution in [0, 0.1) is 10.5 Å². The van der Waals surface area contributed by atoms with Crippen LogP contribution in [0.5, 0.6) is 11.5 Å². The van der Waals surface area contributed by atoms with Gasteiger partial charge < -0.3 is 9.47 Å². The van der Waals surface area contributed by atoms with Gasteiger partial charge in [0.1, 0.15) is 0 Å². The predicted molar refractivity (Wildman–Crippen MR) is 101 cm³/mol. The fourth-order valence-corrected chi connectivity index (χ4v) is 2.89. The third-order valence-electron chi connectivity index (χ3n) is 3.30. The molecule has 3 nitrogen and oxygen atoms in total.